The maximum atomic E-state index is 13.6. The topological polar surface area (TPSA) is 92.6 Å². The molecule has 0 bridgehead atoms. The van der Waals surface area contributed by atoms with Gasteiger partial charge < -0.3 is 19.9 Å². The van der Waals surface area contributed by atoms with Crippen molar-refractivity contribution in [2.24, 2.45) is 0 Å². The number of piperidine rings is 1. The summed E-state index contributed by atoms with van der Waals surface area (Å²) in [7, 11) is 5.08. The number of carbonyl (C=O) groups is 1. The fourth-order valence-corrected chi connectivity index (χ4v) is 5.24. The Hall–Kier alpha value is -2.52. The van der Waals surface area contributed by atoms with E-state index in [1.807, 2.05) is 0 Å². The van der Waals surface area contributed by atoms with Gasteiger partial charge in [-0.2, -0.15) is 4.98 Å². The lowest BCUT2D eigenvalue weighted by molar-refractivity contribution is 0.0821. The highest BCUT2D eigenvalue weighted by molar-refractivity contribution is 5.96. The molecule has 1 saturated heterocycles. The van der Waals surface area contributed by atoms with Gasteiger partial charge in [-0.3, -0.25) is 14.2 Å². The maximum Gasteiger partial charge on any atom is 0.265 e. The van der Waals surface area contributed by atoms with Crippen molar-refractivity contribution in [3.8, 4) is 0 Å². The number of hydrogen-bond acceptors (Lipinski definition) is 7. The predicted octanol–water partition coefficient (Wildman–Crippen LogP) is 2.70. The van der Waals surface area contributed by atoms with Gasteiger partial charge in [-0.1, -0.05) is 6.92 Å². The van der Waals surface area contributed by atoms with Gasteiger partial charge in [0.2, 0.25) is 5.95 Å². The van der Waals surface area contributed by atoms with Crippen LogP contribution in [0, 0.1) is 0 Å². The van der Waals surface area contributed by atoms with E-state index >= 15 is 0 Å². The summed E-state index contributed by atoms with van der Waals surface area (Å²) >= 11 is 0. The van der Waals surface area contributed by atoms with Gasteiger partial charge in [0.1, 0.15) is 11.2 Å². The Morgan fingerprint density at radius 2 is 2.03 bits per heavy atom. The molecule has 9 nitrogen and oxygen atoms in total. The van der Waals surface area contributed by atoms with Crippen molar-refractivity contribution >= 4 is 22.9 Å². The third kappa shape index (κ3) is 4.81. The van der Waals surface area contributed by atoms with Crippen LogP contribution in [0.25, 0.3) is 11.0 Å². The summed E-state index contributed by atoms with van der Waals surface area (Å²) in [5, 5.41) is 4.23. The molecule has 1 N–H and O–H groups in total. The summed E-state index contributed by atoms with van der Waals surface area (Å²) in [6, 6.07) is 1.95. The maximum absolute atomic E-state index is 13.6. The van der Waals surface area contributed by atoms with Crippen molar-refractivity contribution in [2.75, 3.05) is 52.8 Å². The minimum absolute atomic E-state index is 0.183. The van der Waals surface area contributed by atoms with Crippen LogP contribution in [-0.2, 0) is 10.3 Å². The standard InChI is InChI=1S/C25H38N6O3/c1-5-25(10-6-11-25)31-21-18(16-20(23(31)33)22(32)29(2)3)17-26-24(28-21)27-19-8-13-30(14-9-19)12-7-15-34-4/h16-17,19H,5-15H2,1-4H3,(H,26,27,28). The molecule has 1 aliphatic carbocycles. The molecule has 1 amide bonds. The Kier molecular flexibility index (Phi) is 7.52. The lowest BCUT2D eigenvalue weighted by Gasteiger charge is -2.43. The first-order chi connectivity index (χ1) is 16.4. The van der Waals surface area contributed by atoms with Crippen LogP contribution in [-0.4, -0.2) is 83.7 Å². The Morgan fingerprint density at radius 3 is 2.62 bits per heavy atom. The zero-order chi connectivity index (χ0) is 24.3. The van der Waals surface area contributed by atoms with E-state index in [0.29, 0.717) is 17.6 Å². The number of fused-ring (bicyclic) bond motifs is 1. The van der Waals surface area contributed by atoms with Crippen molar-refractivity contribution in [3.05, 3.63) is 28.2 Å². The Morgan fingerprint density at radius 1 is 1.29 bits per heavy atom. The van der Waals surface area contributed by atoms with Crippen LogP contribution in [0.1, 0.15) is 62.2 Å². The second kappa shape index (κ2) is 10.4. The molecule has 0 atom stereocenters. The van der Waals surface area contributed by atoms with Gasteiger partial charge in [-0.05, 0) is 51.0 Å². The fraction of sp³-hybridized carbons (Fsp3) is 0.680. The van der Waals surface area contributed by atoms with E-state index < -0.39 is 0 Å². The van der Waals surface area contributed by atoms with E-state index in [1.54, 1.807) is 38.0 Å². The molecule has 2 aromatic heterocycles. The molecule has 2 fully saturated rings. The average molecular weight is 471 g/mol. The van der Waals surface area contributed by atoms with Crippen LogP contribution >= 0.6 is 0 Å². The summed E-state index contributed by atoms with van der Waals surface area (Å²) in [5.74, 6) is 0.265. The molecule has 0 unspecified atom stereocenters. The summed E-state index contributed by atoms with van der Waals surface area (Å²) in [5.41, 5.74) is 0.275. The Bertz CT molecular complexity index is 1060. The third-order valence-electron chi connectivity index (χ3n) is 7.54. The monoisotopic (exact) mass is 470 g/mol. The molecule has 1 aliphatic heterocycles. The number of nitrogens with one attached hydrogen (secondary N) is 1. The first kappa shape index (κ1) is 24.6. The van der Waals surface area contributed by atoms with Crippen LogP contribution in [0.15, 0.2) is 17.1 Å². The summed E-state index contributed by atoms with van der Waals surface area (Å²) in [4.78, 5) is 39.7. The van der Waals surface area contributed by atoms with E-state index in [-0.39, 0.29) is 22.6 Å². The number of amides is 1. The van der Waals surface area contributed by atoms with Gasteiger partial charge in [0.05, 0.1) is 0 Å². The largest absolute Gasteiger partial charge is 0.385 e. The van der Waals surface area contributed by atoms with Crippen molar-refractivity contribution in [2.45, 2.75) is 63.5 Å². The number of ether oxygens (including phenoxy) is 1. The van der Waals surface area contributed by atoms with Crippen molar-refractivity contribution in [3.63, 3.8) is 0 Å². The minimum atomic E-state index is -0.286. The first-order valence-corrected chi connectivity index (χ1v) is 12.5. The lowest BCUT2D eigenvalue weighted by Crippen LogP contribution is -2.48. The molecule has 0 radical (unpaired) electrons. The van der Waals surface area contributed by atoms with Crippen LogP contribution < -0.4 is 10.9 Å². The van der Waals surface area contributed by atoms with Gasteiger partial charge in [0.25, 0.3) is 11.5 Å². The van der Waals surface area contributed by atoms with Crippen LogP contribution in [0.5, 0.6) is 0 Å². The van der Waals surface area contributed by atoms with E-state index in [2.05, 4.69) is 22.1 Å². The van der Waals surface area contributed by atoms with E-state index in [1.165, 1.54) is 4.90 Å². The molecule has 1 saturated carbocycles. The number of aromatic nitrogens is 3. The molecular formula is C25H38N6O3. The normalized spacial score (nSPS) is 18.6. The number of methoxy groups -OCH3 is 1. The molecule has 9 heteroatoms. The second-order valence-corrected chi connectivity index (χ2v) is 9.91. The van der Waals surface area contributed by atoms with Crippen LogP contribution in [0.3, 0.4) is 0 Å². The lowest BCUT2D eigenvalue weighted by atomic mass is 9.74. The van der Waals surface area contributed by atoms with E-state index in [4.69, 9.17) is 9.72 Å². The SMILES string of the molecule is CCC1(n2c(=O)c(C(=O)N(C)C)cc3cnc(NC4CCN(CCCOC)CC4)nc32)CCC1. The number of nitrogens with zero attached hydrogens (tertiary/aromatic N) is 5. The quantitative estimate of drug-likeness (QED) is 0.563. The first-order valence-electron chi connectivity index (χ1n) is 12.5. The smallest absolute Gasteiger partial charge is 0.265 e. The second-order valence-electron chi connectivity index (χ2n) is 9.91. The molecule has 2 aromatic rings. The fourth-order valence-electron chi connectivity index (χ4n) is 5.24. The Balaban J connectivity index is 1.61. The molecular weight excluding hydrogens is 432 g/mol. The van der Waals surface area contributed by atoms with E-state index in [9.17, 15) is 9.59 Å². The summed E-state index contributed by atoms with van der Waals surface area (Å²) < 4.78 is 6.96. The zero-order valence-electron chi connectivity index (χ0n) is 21.0. The highest BCUT2D eigenvalue weighted by atomic mass is 16.5. The highest BCUT2D eigenvalue weighted by Gasteiger charge is 2.40. The molecule has 0 aromatic carbocycles. The van der Waals surface area contributed by atoms with Gasteiger partial charge in [0.15, 0.2) is 0 Å². The summed E-state index contributed by atoms with van der Waals surface area (Å²) in [6.07, 6.45) is 8.60. The molecule has 34 heavy (non-hydrogen) atoms. The van der Waals surface area contributed by atoms with Gasteiger partial charge in [-0.25, -0.2) is 4.98 Å². The zero-order valence-corrected chi connectivity index (χ0v) is 21.0. The van der Waals surface area contributed by atoms with Crippen molar-refractivity contribution < 1.29 is 9.53 Å². The van der Waals surface area contributed by atoms with Crippen LogP contribution in [0.2, 0.25) is 0 Å². The minimum Gasteiger partial charge on any atom is -0.385 e. The number of rotatable bonds is 9. The number of likely N-dealkylation sites (tertiary alicyclic amines) is 1. The van der Waals surface area contributed by atoms with E-state index in [0.717, 1.165) is 76.6 Å². The molecule has 186 valence electrons. The number of carbonyl (C=O) groups excluding carboxylic acids is 1. The molecule has 4 rings (SSSR count). The number of hydrogen-bond donors (Lipinski definition) is 1. The van der Waals surface area contributed by atoms with Gasteiger partial charge in [0, 0.05) is 70.6 Å². The number of anilines is 1. The van der Waals surface area contributed by atoms with Gasteiger partial charge in [-0.15, -0.1) is 0 Å². The average Bonchev–Trinajstić information content (AvgIpc) is 2.80. The molecule has 0 spiro atoms. The van der Waals surface area contributed by atoms with Crippen molar-refractivity contribution in [1.82, 2.24) is 24.3 Å². The Labute approximate surface area is 201 Å². The predicted molar refractivity (Wildman–Crippen MR) is 134 cm³/mol. The molecule has 3 heterocycles. The van der Waals surface area contributed by atoms with Crippen LogP contribution in [0.4, 0.5) is 5.95 Å². The highest BCUT2D eigenvalue weighted by Crippen LogP contribution is 2.42. The molecule has 2 aliphatic rings. The third-order valence-corrected chi connectivity index (χ3v) is 7.54. The summed E-state index contributed by atoms with van der Waals surface area (Å²) in [6.45, 7) is 6.04. The number of pyridine rings is 1. The van der Waals surface area contributed by atoms with Crippen molar-refractivity contribution in [1.29, 1.82) is 0 Å². The van der Waals surface area contributed by atoms with Gasteiger partial charge >= 0.3 is 0 Å².